The second-order valence-electron chi connectivity index (χ2n) is 8.31. The fourth-order valence-electron chi connectivity index (χ4n) is 4.02. The Morgan fingerprint density at radius 1 is 1.06 bits per heavy atom. The maximum Gasteiger partial charge on any atom is 0.263 e. The minimum atomic E-state index is -0.768. The summed E-state index contributed by atoms with van der Waals surface area (Å²) in [6, 6.07) is 17.5. The van der Waals surface area contributed by atoms with Crippen LogP contribution < -0.4 is 16.6 Å². The fourth-order valence-corrected chi connectivity index (χ4v) is 4.02. The van der Waals surface area contributed by atoms with Crippen LogP contribution >= 0.6 is 0 Å². The molecule has 0 aliphatic carbocycles. The molecule has 0 amide bonds. The molecule has 0 aliphatic rings. The SMILES string of the molecule is Cn1c(NCC(C(=O)CO)C(N)c2ccccc2)nc(-c2ccncc2)c(-c2ccc(F)cc2)c1=O. The summed E-state index contributed by atoms with van der Waals surface area (Å²) in [5, 5.41) is 12.6. The molecule has 0 saturated carbocycles. The molecule has 4 N–H and O–H groups in total. The minimum Gasteiger partial charge on any atom is -0.389 e. The van der Waals surface area contributed by atoms with E-state index in [2.05, 4.69) is 10.3 Å². The zero-order valence-corrected chi connectivity index (χ0v) is 19.6. The van der Waals surface area contributed by atoms with E-state index < -0.39 is 30.2 Å². The van der Waals surface area contributed by atoms with Gasteiger partial charge in [0.1, 0.15) is 12.4 Å². The van der Waals surface area contributed by atoms with Crippen LogP contribution in [0.25, 0.3) is 22.4 Å². The van der Waals surface area contributed by atoms with Gasteiger partial charge in [0.05, 0.1) is 17.2 Å². The summed E-state index contributed by atoms with van der Waals surface area (Å²) in [6.07, 6.45) is 3.18. The van der Waals surface area contributed by atoms with Crippen LogP contribution in [0.1, 0.15) is 11.6 Å². The third-order valence-corrected chi connectivity index (χ3v) is 6.04. The molecule has 36 heavy (non-hydrogen) atoms. The number of pyridine rings is 1. The van der Waals surface area contributed by atoms with Crippen molar-refractivity contribution in [2.24, 2.45) is 18.7 Å². The van der Waals surface area contributed by atoms with E-state index in [0.29, 0.717) is 22.4 Å². The van der Waals surface area contributed by atoms with E-state index in [1.807, 2.05) is 30.3 Å². The van der Waals surface area contributed by atoms with E-state index in [0.717, 1.165) is 5.56 Å². The monoisotopic (exact) mass is 487 g/mol. The maximum absolute atomic E-state index is 13.6. The van der Waals surface area contributed by atoms with Gasteiger partial charge in [-0.15, -0.1) is 0 Å². The number of hydrogen-bond acceptors (Lipinski definition) is 7. The Balaban J connectivity index is 1.75. The van der Waals surface area contributed by atoms with Crippen molar-refractivity contribution >= 4 is 11.7 Å². The first-order valence-corrected chi connectivity index (χ1v) is 11.4. The second kappa shape index (κ2) is 11.0. The first-order valence-electron chi connectivity index (χ1n) is 11.4. The van der Waals surface area contributed by atoms with Crippen molar-refractivity contribution < 1.29 is 14.3 Å². The van der Waals surface area contributed by atoms with Crippen molar-refractivity contribution in [1.82, 2.24) is 14.5 Å². The first kappa shape index (κ1) is 24.9. The predicted octanol–water partition coefficient (Wildman–Crippen LogP) is 2.94. The molecule has 0 radical (unpaired) electrons. The van der Waals surface area contributed by atoms with Crippen molar-refractivity contribution in [2.75, 3.05) is 18.5 Å². The summed E-state index contributed by atoms with van der Waals surface area (Å²) in [4.78, 5) is 34.8. The lowest BCUT2D eigenvalue weighted by atomic mass is 9.90. The third-order valence-electron chi connectivity index (χ3n) is 6.04. The average Bonchev–Trinajstić information content (AvgIpc) is 2.92. The molecule has 9 heteroatoms. The van der Waals surface area contributed by atoms with Crippen LogP contribution in [0.15, 0.2) is 83.9 Å². The van der Waals surface area contributed by atoms with Crippen LogP contribution in [-0.2, 0) is 11.8 Å². The molecule has 4 aromatic rings. The summed E-state index contributed by atoms with van der Waals surface area (Å²) in [7, 11) is 1.56. The van der Waals surface area contributed by atoms with E-state index in [-0.39, 0.29) is 18.1 Å². The standard InChI is InChI=1S/C27H26FN5O3/c1-33-26(36)23(17-7-9-20(28)10-8-17)25(19-11-13-30-14-12-19)32-27(33)31-15-21(22(35)16-34)24(29)18-5-3-2-4-6-18/h2-14,21,24,34H,15-16,29H2,1H3,(H,31,32). The van der Waals surface area contributed by atoms with Crippen molar-refractivity contribution in [1.29, 1.82) is 0 Å². The largest absolute Gasteiger partial charge is 0.389 e. The number of anilines is 1. The van der Waals surface area contributed by atoms with Gasteiger partial charge in [-0.3, -0.25) is 19.1 Å². The van der Waals surface area contributed by atoms with Crippen LogP contribution in [0.5, 0.6) is 0 Å². The van der Waals surface area contributed by atoms with Crippen molar-refractivity contribution in [3.8, 4) is 22.4 Å². The number of rotatable bonds is 9. The van der Waals surface area contributed by atoms with Gasteiger partial charge in [0.25, 0.3) is 5.56 Å². The van der Waals surface area contributed by atoms with Crippen LogP contribution in [0.4, 0.5) is 10.3 Å². The molecule has 0 bridgehead atoms. The molecule has 0 aliphatic heterocycles. The van der Waals surface area contributed by atoms with Crippen LogP contribution in [0.2, 0.25) is 0 Å². The quantitative estimate of drug-likeness (QED) is 0.332. The number of hydrogen-bond donors (Lipinski definition) is 3. The van der Waals surface area contributed by atoms with Gasteiger partial charge in [-0.2, -0.15) is 0 Å². The summed E-state index contributed by atoms with van der Waals surface area (Å²) in [6.45, 7) is -0.619. The lowest BCUT2D eigenvalue weighted by molar-refractivity contribution is -0.125. The molecule has 184 valence electrons. The summed E-state index contributed by atoms with van der Waals surface area (Å²) >= 11 is 0. The van der Waals surface area contributed by atoms with Gasteiger partial charge in [-0.25, -0.2) is 9.37 Å². The van der Waals surface area contributed by atoms with Gasteiger partial charge in [0, 0.05) is 37.6 Å². The molecule has 2 atom stereocenters. The molecule has 0 spiro atoms. The van der Waals surface area contributed by atoms with Gasteiger partial charge in [0.15, 0.2) is 5.78 Å². The Morgan fingerprint density at radius 2 is 1.72 bits per heavy atom. The lowest BCUT2D eigenvalue weighted by Gasteiger charge is -2.24. The van der Waals surface area contributed by atoms with E-state index in [1.54, 1.807) is 31.6 Å². The molecule has 2 aromatic carbocycles. The number of nitrogens with one attached hydrogen (secondary N) is 1. The number of Topliss-reactive ketones (excluding diaryl/α,β-unsaturated/α-hetero) is 1. The highest BCUT2D eigenvalue weighted by Crippen LogP contribution is 2.29. The number of aliphatic hydroxyl groups is 1. The lowest BCUT2D eigenvalue weighted by Crippen LogP contribution is -2.36. The highest BCUT2D eigenvalue weighted by atomic mass is 19.1. The average molecular weight is 488 g/mol. The van der Waals surface area contributed by atoms with E-state index >= 15 is 0 Å². The van der Waals surface area contributed by atoms with Gasteiger partial charge >= 0.3 is 0 Å². The second-order valence-corrected chi connectivity index (χ2v) is 8.31. The molecule has 2 heterocycles. The number of carbonyl (C=O) groups excluding carboxylic acids is 1. The molecule has 0 saturated heterocycles. The predicted molar refractivity (Wildman–Crippen MR) is 136 cm³/mol. The number of aromatic nitrogens is 3. The molecular formula is C27H26FN5O3. The Labute approximate surface area is 207 Å². The molecule has 8 nitrogen and oxygen atoms in total. The van der Waals surface area contributed by atoms with Gasteiger partial charge in [-0.1, -0.05) is 42.5 Å². The minimum absolute atomic E-state index is 0.0431. The topological polar surface area (TPSA) is 123 Å². The number of halogens is 1. The summed E-state index contributed by atoms with van der Waals surface area (Å²) < 4.78 is 14.9. The smallest absolute Gasteiger partial charge is 0.263 e. The summed E-state index contributed by atoms with van der Waals surface area (Å²) in [5.41, 5.74) is 8.62. The van der Waals surface area contributed by atoms with E-state index in [9.17, 15) is 19.1 Å². The Hall–Kier alpha value is -4.21. The zero-order valence-electron chi connectivity index (χ0n) is 19.6. The molecule has 0 fully saturated rings. The third kappa shape index (κ3) is 5.22. The number of carbonyl (C=O) groups is 1. The number of aliphatic hydroxyl groups excluding tert-OH is 1. The van der Waals surface area contributed by atoms with Crippen molar-refractivity contribution in [3.05, 3.63) is 101 Å². The Kier molecular flexibility index (Phi) is 7.62. The molecule has 2 unspecified atom stereocenters. The number of benzene rings is 2. The number of nitrogens with two attached hydrogens (primary N) is 1. The molecule has 2 aromatic heterocycles. The number of nitrogens with zero attached hydrogens (tertiary/aromatic N) is 3. The first-order chi connectivity index (χ1) is 17.4. The highest BCUT2D eigenvalue weighted by Gasteiger charge is 2.27. The van der Waals surface area contributed by atoms with E-state index in [1.165, 1.54) is 28.8 Å². The van der Waals surface area contributed by atoms with Gasteiger partial charge in [-0.05, 0) is 35.4 Å². The Morgan fingerprint density at radius 3 is 2.36 bits per heavy atom. The highest BCUT2D eigenvalue weighted by molar-refractivity contribution is 5.84. The fraction of sp³-hybridized carbons (Fsp3) is 0.185. The van der Waals surface area contributed by atoms with Crippen molar-refractivity contribution in [2.45, 2.75) is 6.04 Å². The molecular weight excluding hydrogens is 461 g/mol. The molecule has 4 rings (SSSR count). The van der Waals surface area contributed by atoms with Gasteiger partial charge in [0.2, 0.25) is 5.95 Å². The maximum atomic E-state index is 13.6. The van der Waals surface area contributed by atoms with Gasteiger partial charge < -0.3 is 16.2 Å². The summed E-state index contributed by atoms with van der Waals surface area (Å²) in [5.74, 6) is -1.40. The van der Waals surface area contributed by atoms with Crippen LogP contribution in [-0.4, -0.2) is 38.6 Å². The normalized spacial score (nSPS) is 12.7. The van der Waals surface area contributed by atoms with E-state index in [4.69, 9.17) is 10.7 Å². The number of ketones is 1. The zero-order chi connectivity index (χ0) is 25.7. The van der Waals surface area contributed by atoms with Crippen LogP contribution in [0, 0.1) is 11.7 Å². The van der Waals surface area contributed by atoms with Crippen LogP contribution in [0.3, 0.4) is 0 Å². The Bertz CT molecular complexity index is 1390. The van der Waals surface area contributed by atoms with Crippen molar-refractivity contribution in [3.63, 3.8) is 0 Å².